The summed E-state index contributed by atoms with van der Waals surface area (Å²) < 4.78 is 15.6. The Balaban J connectivity index is 1.59. The van der Waals surface area contributed by atoms with Gasteiger partial charge in [-0.15, -0.1) is 0 Å². The van der Waals surface area contributed by atoms with Crippen LogP contribution in [0.3, 0.4) is 0 Å². The zero-order chi connectivity index (χ0) is 18.0. The Morgan fingerprint density at radius 2 is 2.04 bits per heavy atom. The number of nitrogens with zero attached hydrogens (tertiary/aromatic N) is 2. The fourth-order valence-electron chi connectivity index (χ4n) is 2.49. The van der Waals surface area contributed by atoms with Crippen LogP contribution >= 0.6 is 23.2 Å². The fraction of sp³-hybridized carbons (Fsp3) is 0.176. The molecule has 0 unspecified atom stereocenters. The van der Waals surface area contributed by atoms with Gasteiger partial charge in [-0.3, -0.25) is 0 Å². The molecule has 0 radical (unpaired) electrons. The van der Waals surface area contributed by atoms with Crippen LogP contribution in [0.1, 0.15) is 5.82 Å². The number of hydrogen-bond acceptors (Lipinski definition) is 2. The minimum Gasteiger partial charge on any atom is -0.337 e. The second kappa shape index (κ2) is 7.29. The van der Waals surface area contributed by atoms with E-state index in [2.05, 4.69) is 15.6 Å². The molecule has 0 atom stereocenters. The van der Waals surface area contributed by atoms with E-state index in [0.717, 1.165) is 5.52 Å². The molecule has 0 fully saturated rings. The molecule has 0 aliphatic carbocycles. The molecular weight excluding hydrogens is 366 g/mol. The number of para-hydroxylation sites is 1. The molecule has 2 N–H and O–H groups in total. The van der Waals surface area contributed by atoms with Crippen LogP contribution in [0.25, 0.3) is 11.0 Å². The predicted molar refractivity (Wildman–Crippen MR) is 97.9 cm³/mol. The van der Waals surface area contributed by atoms with Gasteiger partial charge in [0, 0.05) is 25.7 Å². The summed E-state index contributed by atoms with van der Waals surface area (Å²) >= 11 is 11.7. The highest BCUT2D eigenvalue weighted by Gasteiger charge is 2.11. The molecule has 0 aliphatic heterocycles. The van der Waals surface area contributed by atoms with Gasteiger partial charge in [-0.2, -0.15) is 0 Å². The first-order chi connectivity index (χ1) is 12.0. The Morgan fingerprint density at radius 1 is 1.24 bits per heavy atom. The summed E-state index contributed by atoms with van der Waals surface area (Å²) in [4.78, 5) is 16.2. The van der Waals surface area contributed by atoms with E-state index in [9.17, 15) is 9.18 Å². The fourth-order valence-corrected chi connectivity index (χ4v) is 2.79. The number of carbonyl (C=O) groups is 1. The predicted octanol–water partition coefficient (Wildman–Crippen LogP) is 4.38. The summed E-state index contributed by atoms with van der Waals surface area (Å²) in [5, 5.41) is 6.17. The van der Waals surface area contributed by atoms with Crippen LogP contribution in [-0.4, -0.2) is 22.1 Å². The van der Waals surface area contributed by atoms with E-state index in [0.29, 0.717) is 40.0 Å². The number of urea groups is 1. The van der Waals surface area contributed by atoms with Gasteiger partial charge < -0.3 is 15.2 Å². The van der Waals surface area contributed by atoms with Crippen molar-refractivity contribution in [2.45, 2.75) is 6.42 Å². The molecule has 0 bridgehead atoms. The third-order valence-corrected chi connectivity index (χ3v) is 4.51. The Kier molecular flexibility index (Phi) is 5.11. The zero-order valence-electron chi connectivity index (χ0n) is 13.3. The van der Waals surface area contributed by atoms with Crippen LogP contribution in [0.5, 0.6) is 0 Å². The minimum atomic E-state index is -0.372. The maximum Gasteiger partial charge on any atom is 0.319 e. The topological polar surface area (TPSA) is 59.0 Å². The Hall–Kier alpha value is -2.31. The van der Waals surface area contributed by atoms with Gasteiger partial charge in [-0.25, -0.2) is 14.2 Å². The number of benzene rings is 2. The molecule has 25 heavy (non-hydrogen) atoms. The number of fused-ring (bicyclic) bond motifs is 1. The molecule has 130 valence electrons. The molecule has 3 rings (SSSR count). The third-order valence-electron chi connectivity index (χ3n) is 3.77. The second-order valence-electron chi connectivity index (χ2n) is 5.45. The van der Waals surface area contributed by atoms with Gasteiger partial charge in [0.15, 0.2) is 5.82 Å². The average molecular weight is 381 g/mol. The van der Waals surface area contributed by atoms with Crippen molar-refractivity contribution >= 4 is 46.0 Å². The number of nitrogens with one attached hydrogen (secondary N) is 2. The minimum absolute atomic E-state index is 0.334. The third kappa shape index (κ3) is 3.86. The number of rotatable bonds is 4. The molecule has 5 nitrogen and oxygen atoms in total. The van der Waals surface area contributed by atoms with Crippen molar-refractivity contribution in [2.75, 3.05) is 11.9 Å². The van der Waals surface area contributed by atoms with Gasteiger partial charge in [0.2, 0.25) is 0 Å². The van der Waals surface area contributed by atoms with Gasteiger partial charge in [-0.1, -0.05) is 29.3 Å². The lowest BCUT2D eigenvalue weighted by molar-refractivity contribution is 0.252. The summed E-state index contributed by atoms with van der Waals surface area (Å²) in [5.74, 6) is 0.333. The van der Waals surface area contributed by atoms with Crippen LogP contribution in [0.4, 0.5) is 14.9 Å². The maximum absolute atomic E-state index is 13.8. The number of carbonyl (C=O) groups excluding carboxylic acids is 1. The molecule has 0 saturated heterocycles. The molecule has 8 heteroatoms. The molecule has 0 spiro atoms. The smallest absolute Gasteiger partial charge is 0.319 e. The van der Waals surface area contributed by atoms with Crippen LogP contribution in [-0.2, 0) is 13.5 Å². The standard InChI is InChI=1S/C17H15Cl2FN4O/c1-24-14-4-2-3-13(20)16(14)23-15(24)7-8-21-17(25)22-10-5-6-11(18)12(19)9-10/h2-6,9H,7-8H2,1H3,(H2,21,22,25). The van der Waals surface area contributed by atoms with E-state index in [1.807, 2.05) is 11.6 Å². The Labute approximate surface area is 153 Å². The largest absolute Gasteiger partial charge is 0.337 e. The van der Waals surface area contributed by atoms with Crippen molar-refractivity contribution in [2.24, 2.45) is 7.05 Å². The SMILES string of the molecule is Cn1c(CCNC(=O)Nc2ccc(Cl)c(Cl)c2)nc2c(F)cccc21. The summed E-state index contributed by atoms with van der Waals surface area (Å²) in [7, 11) is 1.82. The lowest BCUT2D eigenvalue weighted by Gasteiger charge is -2.08. The number of halogens is 3. The van der Waals surface area contributed by atoms with E-state index in [1.165, 1.54) is 6.07 Å². The number of amides is 2. The maximum atomic E-state index is 13.8. The van der Waals surface area contributed by atoms with Crippen LogP contribution in [0, 0.1) is 5.82 Å². The van der Waals surface area contributed by atoms with E-state index < -0.39 is 0 Å². The van der Waals surface area contributed by atoms with Gasteiger partial charge in [-0.05, 0) is 30.3 Å². The summed E-state index contributed by atoms with van der Waals surface area (Å²) in [6, 6.07) is 9.28. The molecule has 1 aromatic heterocycles. The van der Waals surface area contributed by atoms with Crippen molar-refractivity contribution < 1.29 is 9.18 Å². The zero-order valence-corrected chi connectivity index (χ0v) is 14.8. The Morgan fingerprint density at radius 3 is 2.76 bits per heavy atom. The first-order valence-electron chi connectivity index (χ1n) is 7.55. The van der Waals surface area contributed by atoms with Crippen molar-refractivity contribution in [3.05, 3.63) is 58.1 Å². The van der Waals surface area contributed by atoms with Crippen LogP contribution < -0.4 is 10.6 Å². The molecule has 3 aromatic rings. The second-order valence-corrected chi connectivity index (χ2v) is 6.27. The number of anilines is 1. The summed E-state index contributed by atoms with van der Waals surface area (Å²) in [5.41, 5.74) is 1.59. The van der Waals surface area contributed by atoms with Gasteiger partial charge in [0.05, 0.1) is 15.6 Å². The monoisotopic (exact) mass is 380 g/mol. The highest BCUT2D eigenvalue weighted by molar-refractivity contribution is 6.42. The van der Waals surface area contributed by atoms with Gasteiger partial charge in [0.25, 0.3) is 0 Å². The average Bonchev–Trinajstić information content (AvgIpc) is 2.89. The lowest BCUT2D eigenvalue weighted by Crippen LogP contribution is -2.30. The summed E-state index contributed by atoms with van der Waals surface area (Å²) in [6.45, 7) is 0.353. The Bertz CT molecular complexity index is 942. The van der Waals surface area contributed by atoms with Crippen LogP contribution in [0.2, 0.25) is 10.0 Å². The number of imidazole rings is 1. The normalized spacial score (nSPS) is 10.9. The van der Waals surface area contributed by atoms with Gasteiger partial charge >= 0.3 is 6.03 Å². The van der Waals surface area contributed by atoms with E-state index >= 15 is 0 Å². The molecular formula is C17H15Cl2FN4O. The van der Waals surface area contributed by atoms with Crippen LogP contribution in [0.15, 0.2) is 36.4 Å². The first kappa shape index (κ1) is 17.5. The van der Waals surface area contributed by atoms with Crippen molar-refractivity contribution in [3.8, 4) is 0 Å². The van der Waals surface area contributed by atoms with Crippen molar-refractivity contribution in [1.82, 2.24) is 14.9 Å². The molecule has 0 saturated carbocycles. The van der Waals surface area contributed by atoms with Crippen molar-refractivity contribution in [1.29, 1.82) is 0 Å². The number of aryl methyl sites for hydroxylation is 1. The highest BCUT2D eigenvalue weighted by Crippen LogP contribution is 2.24. The van der Waals surface area contributed by atoms with Gasteiger partial charge in [0.1, 0.15) is 11.3 Å². The molecule has 0 aliphatic rings. The first-order valence-corrected chi connectivity index (χ1v) is 8.31. The number of hydrogen-bond donors (Lipinski definition) is 2. The van der Waals surface area contributed by atoms with E-state index in [4.69, 9.17) is 23.2 Å². The van der Waals surface area contributed by atoms with E-state index in [1.54, 1.807) is 30.3 Å². The quantitative estimate of drug-likeness (QED) is 0.705. The highest BCUT2D eigenvalue weighted by atomic mass is 35.5. The van der Waals surface area contributed by atoms with E-state index in [-0.39, 0.29) is 11.8 Å². The number of aromatic nitrogens is 2. The summed E-state index contributed by atoms with van der Waals surface area (Å²) in [6.07, 6.45) is 0.472. The lowest BCUT2D eigenvalue weighted by atomic mass is 10.3. The molecule has 2 amide bonds. The molecule has 1 heterocycles. The molecule has 2 aromatic carbocycles. The van der Waals surface area contributed by atoms with Crippen molar-refractivity contribution in [3.63, 3.8) is 0 Å².